The largest absolute Gasteiger partial charge is 0.507 e. The van der Waals surface area contributed by atoms with Crippen LogP contribution in [-0.2, 0) is 14.3 Å². The summed E-state index contributed by atoms with van der Waals surface area (Å²) >= 11 is 0. The third kappa shape index (κ3) is 3.75. The number of methoxy groups -OCH3 is 2. The molecule has 0 aliphatic carbocycles. The number of hydrogen-bond acceptors (Lipinski definition) is 6. The lowest BCUT2D eigenvalue weighted by molar-refractivity contribution is -0.140. The van der Waals surface area contributed by atoms with E-state index in [0.29, 0.717) is 36.4 Å². The number of Topliss-reactive ketones (excluding diaryl/α,β-unsaturated/α-hetero) is 1. The lowest BCUT2D eigenvalue weighted by Gasteiger charge is -2.25. The molecule has 1 atom stereocenters. The first-order valence-corrected chi connectivity index (χ1v) is 8.90. The average molecular weight is 382 g/mol. The van der Waals surface area contributed by atoms with E-state index in [-0.39, 0.29) is 11.3 Å². The molecule has 2 aromatic rings. The molecule has 1 aromatic heterocycles. The molecule has 0 bridgehead atoms. The van der Waals surface area contributed by atoms with Crippen LogP contribution in [-0.4, -0.2) is 54.1 Å². The Morgan fingerprint density at radius 3 is 2.39 bits per heavy atom. The molecule has 7 nitrogen and oxygen atoms in total. The summed E-state index contributed by atoms with van der Waals surface area (Å²) in [6.45, 7) is 0.797. The van der Waals surface area contributed by atoms with Gasteiger partial charge in [0.2, 0.25) is 0 Å². The number of carbonyl (C=O) groups is 2. The van der Waals surface area contributed by atoms with Crippen molar-refractivity contribution >= 4 is 17.4 Å². The molecule has 1 amide bonds. The highest BCUT2D eigenvalue weighted by Gasteiger charge is 2.45. The molecule has 1 aliphatic rings. The fourth-order valence-corrected chi connectivity index (χ4v) is 3.29. The van der Waals surface area contributed by atoms with Gasteiger partial charge in [0.25, 0.3) is 11.7 Å². The van der Waals surface area contributed by atoms with Crippen molar-refractivity contribution in [3.63, 3.8) is 0 Å². The molecule has 7 heteroatoms. The van der Waals surface area contributed by atoms with Gasteiger partial charge in [0, 0.05) is 38.2 Å². The molecule has 0 saturated carbocycles. The summed E-state index contributed by atoms with van der Waals surface area (Å²) in [5.74, 6) is -0.884. The smallest absolute Gasteiger partial charge is 0.295 e. The van der Waals surface area contributed by atoms with Crippen LogP contribution in [0.4, 0.5) is 0 Å². The molecule has 28 heavy (non-hydrogen) atoms. The monoisotopic (exact) mass is 382 g/mol. The van der Waals surface area contributed by atoms with Crippen LogP contribution in [0.2, 0.25) is 0 Å². The van der Waals surface area contributed by atoms with Crippen molar-refractivity contribution in [2.45, 2.75) is 12.5 Å². The Bertz CT molecular complexity index is 877. The zero-order valence-corrected chi connectivity index (χ0v) is 15.8. The molecular formula is C21H22N2O5. The van der Waals surface area contributed by atoms with Crippen LogP contribution in [0.25, 0.3) is 5.76 Å². The molecule has 0 radical (unpaired) electrons. The first-order valence-electron chi connectivity index (χ1n) is 8.90. The van der Waals surface area contributed by atoms with Gasteiger partial charge in [0.05, 0.1) is 18.7 Å². The summed E-state index contributed by atoms with van der Waals surface area (Å²) in [4.78, 5) is 30.9. The van der Waals surface area contributed by atoms with Crippen molar-refractivity contribution in [3.8, 4) is 5.75 Å². The maximum Gasteiger partial charge on any atom is 0.295 e. The second-order valence-electron chi connectivity index (χ2n) is 6.35. The SMILES string of the molecule is COCCCN1C(=O)C(=O)C(=C(O)c2ccncc2)C1c1ccc(OC)cc1. The predicted molar refractivity (Wildman–Crippen MR) is 103 cm³/mol. The third-order valence-corrected chi connectivity index (χ3v) is 4.67. The van der Waals surface area contributed by atoms with Crippen LogP contribution < -0.4 is 4.74 Å². The Hall–Kier alpha value is -3.19. The fraction of sp³-hybridized carbons (Fsp3) is 0.286. The first kappa shape index (κ1) is 19.6. The molecule has 146 valence electrons. The molecule has 2 heterocycles. The van der Waals surface area contributed by atoms with Crippen molar-refractivity contribution in [3.05, 3.63) is 65.5 Å². The van der Waals surface area contributed by atoms with Gasteiger partial charge in [-0.25, -0.2) is 0 Å². The second kappa shape index (κ2) is 8.67. The standard InChI is InChI=1S/C21H22N2O5/c1-27-13-3-12-23-18(14-4-6-16(28-2)7-5-14)17(20(25)21(23)26)19(24)15-8-10-22-11-9-15/h4-11,18,24H,3,12-13H2,1-2H3. The van der Waals surface area contributed by atoms with Crippen molar-refractivity contribution in [2.75, 3.05) is 27.4 Å². The number of nitrogens with zero attached hydrogens (tertiary/aromatic N) is 2. The third-order valence-electron chi connectivity index (χ3n) is 4.67. The quantitative estimate of drug-likeness (QED) is 0.343. The van der Waals surface area contributed by atoms with Crippen molar-refractivity contribution in [1.82, 2.24) is 9.88 Å². The number of amides is 1. The van der Waals surface area contributed by atoms with Gasteiger partial charge in [-0.1, -0.05) is 12.1 Å². The Morgan fingerprint density at radius 1 is 1.11 bits per heavy atom. The van der Waals surface area contributed by atoms with Gasteiger partial charge in [0.15, 0.2) is 0 Å². The highest BCUT2D eigenvalue weighted by molar-refractivity contribution is 6.46. The summed E-state index contributed by atoms with van der Waals surface area (Å²) in [6.07, 6.45) is 3.61. The normalized spacial score (nSPS) is 18.5. The summed E-state index contributed by atoms with van der Waals surface area (Å²) in [5.41, 5.74) is 1.22. The maximum atomic E-state index is 12.8. The first-order chi connectivity index (χ1) is 13.6. The Morgan fingerprint density at radius 2 is 1.79 bits per heavy atom. The lowest BCUT2D eigenvalue weighted by atomic mass is 9.95. The number of rotatable bonds is 7. The number of pyridine rings is 1. The summed E-state index contributed by atoms with van der Waals surface area (Å²) < 4.78 is 10.3. The molecule has 1 saturated heterocycles. The van der Waals surface area contributed by atoms with Crippen molar-refractivity contribution in [1.29, 1.82) is 0 Å². The number of benzene rings is 1. The Labute approximate surface area is 163 Å². The van der Waals surface area contributed by atoms with E-state index in [1.165, 1.54) is 17.3 Å². The van der Waals surface area contributed by atoms with Crippen LogP contribution in [0.15, 0.2) is 54.4 Å². The van der Waals surface area contributed by atoms with Gasteiger partial charge >= 0.3 is 0 Å². The Kier molecular flexibility index (Phi) is 6.06. The number of ketones is 1. The van der Waals surface area contributed by atoms with Crippen LogP contribution in [0, 0.1) is 0 Å². The highest BCUT2D eigenvalue weighted by Crippen LogP contribution is 2.39. The van der Waals surface area contributed by atoms with E-state index < -0.39 is 17.7 Å². The highest BCUT2D eigenvalue weighted by atomic mass is 16.5. The molecule has 1 aliphatic heterocycles. The summed E-state index contributed by atoms with van der Waals surface area (Å²) in [7, 11) is 3.15. The number of aromatic nitrogens is 1. The topological polar surface area (TPSA) is 89.0 Å². The van der Waals surface area contributed by atoms with Gasteiger partial charge in [-0.15, -0.1) is 0 Å². The number of aliphatic hydroxyl groups excluding tert-OH is 1. The average Bonchev–Trinajstić information content (AvgIpc) is 2.99. The van der Waals surface area contributed by atoms with Gasteiger partial charge < -0.3 is 19.5 Å². The van der Waals surface area contributed by atoms with Crippen LogP contribution >= 0.6 is 0 Å². The van der Waals surface area contributed by atoms with Crippen LogP contribution in [0.1, 0.15) is 23.6 Å². The molecule has 1 unspecified atom stereocenters. The van der Waals surface area contributed by atoms with E-state index in [1.807, 2.05) is 0 Å². The van der Waals surface area contributed by atoms with Gasteiger partial charge in [-0.3, -0.25) is 14.6 Å². The minimum Gasteiger partial charge on any atom is -0.507 e. The fourth-order valence-electron chi connectivity index (χ4n) is 3.29. The van der Waals surface area contributed by atoms with Gasteiger partial charge in [-0.05, 0) is 36.2 Å². The molecule has 1 N–H and O–H groups in total. The number of aliphatic hydroxyl groups is 1. The number of carbonyl (C=O) groups excluding carboxylic acids is 2. The lowest BCUT2D eigenvalue weighted by Crippen LogP contribution is -2.31. The van der Waals surface area contributed by atoms with Crippen LogP contribution in [0.5, 0.6) is 5.75 Å². The van der Waals surface area contributed by atoms with E-state index in [1.54, 1.807) is 50.6 Å². The minimum absolute atomic E-state index is 0.0683. The zero-order valence-electron chi connectivity index (χ0n) is 15.8. The van der Waals surface area contributed by atoms with Crippen LogP contribution in [0.3, 0.4) is 0 Å². The number of likely N-dealkylation sites (tertiary alicyclic amines) is 1. The van der Waals surface area contributed by atoms with E-state index in [9.17, 15) is 14.7 Å². The molecule has 1 fully saturated rings. The van der Waals surface area contributed by atoms with Crippen molar-refractivity contribution < 1.29 is 24.2 Å². The summed E-state index contributed by atoms with van der Waals surface area (Å²) in [6, 6.07) is 9.61. The number of ether oxygens (including phenoxy) is 2. The van der Waals surface area contributed by atoms with Crippen molar-refractivity contribution in [2.24, 2.45) is 0 Å². The molecule has 0 spiro atoms. The second-order valence-corrected chi connectivity index (χ2v) is 6.35. The maximum absolute atomic E-state index is 12.8. The minimum atomic E-state index is -0.701. The van der Waals surface area contributed by atoms with E-state index in [0.717, 1.165) is 0 Å². The molecule has 1 aromatic carbocycles. The van der Waals surface area contributed by atoms with E-state index >= 15 is 0 Å². The van der Waals surface area contributed by atoms with E-state index in [2.05, 4.69) is 4.98 Å². The van der Waals surface area contributed by atoms with Gasteiger partial charge in [-0.2, -0.15) is 0 Å². The van der Waals surface area contributed by atoms with E-state index in [4.69, 9.17) is 9.47 Å². The molecule has 3 rings (SSSR count). The summed E-state index contributed by atoms with van der Waals surface area (Å²) in [5, 5.41) is 10.8. The predicted octanol–water partition coefficient (Wildman–Crippen LogP) is 2.55. The van der Waals surface area contributed by atoms with Gasteiger partial charge in [0.1, 0.15) is 11.5 Å². The molecular weight excluding hydrogens is 360 g/mol. The number of hydrogen-bond donors (Lipinski definition) is 1. The zero-order chi connectivity index (χ0) is 20.1. The Balaban J connectivity index is 2.09.